The maximum atomic E-state index is 2.51. The van der Waals surface area contributed by atoms with E-state index in [1.54, 1.807) is 0 Å². The minimum absolute atomic E-state index is 0.310. The van der Waals surface area contributed by atoms with Gasteiger partial charge in [0, 0.05) is 74.0 Å². The number of fused-ring (bicyclic) bond motifs is 12. The Morgan fingerprint density at radius 2 is 0.897 bits per heavy atom. The summed E-state index contributed by atoms with van der Waals surface area (Å²) in [6.45, 7) is 8.81. The molecular formula is C64H46N2S2. The monoisotopic (exact) mass is 906 g/mol. The van der Waals surface area contributed by atoms with E-state index in [9.17, 15) is 0 Å². The van der Waals surface area contributed by atoms with Crippen molar-refractivity contribution in [1.82, 2.24) is 9.13 Å². The van der Waals surface area contributed by atoms with Crippen molar-refractivity contribution >= 4 is 103 Å². The van der Waals surface area contributed by atoms with E-state index >= 15 is 0 Å². The molecule has 1 aliphatic rings. The lowest BCUT2D eigenvalue weighted by atomic mass is 9.86. The van der Waals surface area contributed by atoms with E-state index in [0.717, 1.165) is 6.42 Å². The van der Waals surface area contributed by atoms with E-state index in [1.807, 2.05) is 22.7 Å². The Hall–Kier alpha value is -7.50. The minimum Gasteiger partial charge on any atom is -0.309 e. The van der Waals surface area contributed by atoms with Gasteiger partial charge in [0.1, 0.15) is 0 Å². The number of aromatic nitrogens is 2. The summed E-state index contributed by atoms with van der Waals surface area (Å²) in [5.41, 5.74) is 20.2. The highest BCUT2D eigenvalue weighted by molar-refractivity contribution is 7.26. The highest BCUT2D eigenvalue weighted by atomic mass is 32.1. The number of allylic oxidation sites excluding steroid dienone is 1. The van der Waals surface area contributed by atoms with Gasteiger partial charge in [-0.15, -0.1) is 22.7 Å². The zero-order valence-corrected chi connectivity index (χ0v) is 40.0. The van der Waals surface area contributed by atoms with E-state index in [0.29, 0.717) is 5.92 Å². The molecule has 4 heterocycles. The molecule has 1 unspecified atom stereocenters. The van der Waals surface area contributed by atoms with E-state index in [2.05, 4.69) is 225 Å². The van der Waals surface area contributed by atoms with E-state index < -0.39 is 0 Å². The number of aryl methyl sites for hydroxylation is 4. The van der Waals surface area contributed by atoms with Crippen molar-refractivity contribution < 1.29 is 0 Å². The molecule has 14 rings (SSSR count). The van der Waals surface area contributed by atoms with Crippen LogP contribution in [0.25, 0.3) is 114 Å². The fourth-order valence-electron chi connectivity index (χ4n) is 11.4. The second-order valence-corrected chi connectivity index (χ2v) is 21.1. The first kappa shape index (κ1) is 39.6. The quantitative estimate of drug-likeness (QED) is 0.163. The van der Waals surface area contributed by atoms with Crippen LogP contribution in [0.1, 0.15) is 50.6 Å². The average molecular weight is 907 g/mol. The van der Waals surface area contributed by atoms with Crippen molar-refractivity contribution in [1.29, 1.82) is 0 Å². The molecule has 1 atom stereocenters. The van der Waals surface area contributed by atoms with Gasteiger partial charge >= 0.3 is 0 Å². The molecule has 0 bridgehead atoms. The molecule has 1 aliphatic carbocycles. The largest absolute Gasteiger partial charge is 0.309 e. The van der Waals surface area contributed by atoms with Crippen LogP contribution in [0.3, 0.4) is 0 Å². The molecule has 68 heavy (non-hydrogen) atoms. The van der Waals surface area contributed by atoms with Gasteiger partial charge in [-0.25, -0.2) is 0 Å². The summed E-state index contributed by atoms with van der Waals surface area (Å²) in [7, 11) is 0. The Balaban J connectivity index is 0.966. The summed E-state index contributed by atoms with van der Waals surface area (Å²) in [5, 5.41) is 9.13. The minimum atomic E-state index is 0.310. The Labute approximate surface area is 403 Å². The van der Waals surface area contributed by atoms with Crippen molar-refractivity contribution in [2.45, 2.75) is 40.0 Å². The predicted octanol–water partition coefficient (Wildman–Crippen LogP) is 18.6. The smallest absolute Gasteiger partial charge is 0.0541 e. The van der Waals surface area contributed by atoms with Gasteiger partial charge in [0.05, 0.1) is 22.1 Å². The molecule has 0 aliphatic heterocycles. The van der Waals surface area contributed by atoms with Gasteiger partial charge in [0.2, 0.25) is 0 Å². The number of hydrogen-bond acceptors (Lipinski definition) is 2. The molecule has 0 amide bonds. The molecule has 0 radical (unpaired) electrons. The summed E-state index contributed by atoms with van der Waals surface area (Å²) in [5.74, 6) is 0.310. The van der Waals surface area contributed by atoms with Crippen LogP contribution >= 0.6 is 22.7 Å². The lowest BCUT2D eigenvalue weighted by molar-refractivity contribution is 0.841. The van der Waals surface area contributed by atoms with Gasteiger partial charge in [-0.2, -0.15) is 0 Å². The first-order valence-corrected chi connectivity index (χ1v) is 25.4. The highest BCUT2D eigenvalue weighted by Gasteiger charge is 2.26. The number of benzene rings is 9. The maximum Gasteiger partial charge on any atom is 0.0541 e. The van der Waals surface area contributed by atoms with Crippen LogP contribution in [-0.4, -0.2) is 9.13 Å². The lowest BCUT2D eigenvalue weighted by Gasteiger charge is -2.19. The molecule has 2 nitrogen and oxygen atoms in total. The molecule has 9 aromatic carbocycles. The first-order valence-electron chi connectivity index (χ1n) is 23.8. The second kappa shape index (κ2) is 15.0. The summed E-state index contributed by atoms with van der Waals surface area (Å²) >= 11 is 3.91. The molecule has 0 N–H and O–H groups in total. The molecule has 13 aromatic rings. The van der Waals surface area contributed by atoms with Crippen LogP contribution in [0, 0.1) is 27.7 Å². The maximum absolute atomic E-state index is 2.51. The molecular weight excluding hydrogens is 861 g/mol. The lowest BCUT2D eigenvalue weighted by Crippen LogP contribution is -2.02. The Morgan fingerprint density at radius 3 is 1.50 bits per heavy atom. The van der Waals surface area contributed by atoms with Crippen LogP contribution in [0.15, 0.2) is 182 Å². The number of thiophene rings is 2. The molecule has 4 heteroatoms. The van der Waals surface area contributed by atoms with Crippen LogP contribution in [-0.2, 0) is 0 Å². The van der Waals surface area contributed by atoms with Gasteiger partial charge in [-0.3, -0.25) is 0 Å². The first-order chi connectivity index (χ1) is 33.3. The van der Waals surface area contributed by atoms with Crippen LogP contribution in [0.5, 0.6) is 0 Å². The summed E-state index contributed by atoms with van der Waals surface area (Å²) in [6, 6.07) is 66.9. The van der Waals surface area contributed by atoms with E-state index in [1.165, 1.54) is 146 Å². The summed E-state index contributed by atoms with van der Waals surface area (Å²) in [6.07, 6.45) is 5.75. The van der Waals surface area contributed by atoms with E-state index in [-0.39, 0.29) is 0 Å². The highest BCUT2D eigenvalue weighted by Crippen LogP contribution is 2.48. The zero-order chi connectivity index (χ0) is 45.4. The average Bonchev–Trinajstić information content (AvgIpc) is 4.13. The van der Waals surface area contributed by atoms with Crippen molar-refractivity contribution in [2.24, 2.45) is 0 Å². The van der Waals surface area contributed by atoms with Crippen LogP contribution in [0.2, 0.25) is 0 Å². The molecule has 0 spiro atoms. The SMILES string of the molecule is Cc1ccc(-n2c3ccc(-c4ccc5c(c4)c4cc(C6CC=Cc7c6sc6c(C)cccc76)ccc4n5-c4ccc(C)cc4)cc3c3cc(-c4cccc5c4sc4c(C)cccc45)ccc32)cc1. The summed E-state index contributed by atoms with van der Waals surface area (Å²) in [4.78, 5) is 1.48. The summed E-state index contributed by atoms with van der Waals surface area (Å²) < 4.78 is 9.04. The predicted molar refractivity (Wildman–Crippen MR) is 295 cm³/mol. The zero-order valence-electron chi connectivity index (χ0n) is 38.4. The molecule has 0 saturated heterocycles. The molecule has 324 valence electrons. The molecule has 0 fully saturated rings. The van der Waals surface area contributed by atoms with Crippen molar-refractivity contribution in [3.63, 3.8) is 0 Å². The topological polar surface area (TPSA) is 9.86 Å². The van der Waals surface area contributed by atoms with Gasteiger partial charge in [0.25, 0.3) is 0 Å². The van der Waals surface area contributed by atoms with Gasteiger partial charge < -0.3 is 9.13 Å². The molecule has 4 aromatic heterocycles. The van der Waals surface area contributed by atoms with Crippen molar-refractivity contribution in [3.05, 3.63) is 220 Å². The van der Waals surface area contributed by atoms with Gasteiger partial charge in [-0.05, 0) is 151 Å². The Kier molecular flexibility index (Phi) is 8.75. The van der Waals surface area contributed by atoms with Crippen molar-refractivity contribution in [2.75, 3.05) is 0 Å². The van der Waals surface area contributed by atoms with Gasteiger partial charge in [0.15, 0.2) is 0 Å². The Bertz CT molecular complexity index is 4260. The third-order valence-electron chi connectivity index (χ3n) is 14.9. The van der Waals surface area contributed by atoms with E-state index in [4.69, 9.17) is 0 Å². The molecule has 0 saturated carbocycles. The van der Waals surface area contributed by atoms with Crippen molar-refractivity contribution in [3.8, 4) is 33.6 Å². The standard InChI is InChI=1S/C64H46N2S2/c1-37-17-25-45(26-18-37)65-57-29-21-41(33-53(57)55-35-43(23-31-59(55)65)47-11-7-15-51-49-13-5-9-39(3)61(49)67-63(47)51)42-22-30-58-54(34-42)56-36-44(24-32-60(56)66(58)46-27-19-38(2)20-28-46)48-12-8-16-52-50-14-6-10-40(4)62(50)68-64(48)52/h5-11,13-36,48H,12H2,1-4H3. The van der Waals surface area contributed by atoms with Gasteiger partial charge in [-0.1, -0.05) is 126 Å². The van der Waals surface area contributed by atoms with Crippen LogP contribution < -0.4 is 0 Å². The normalized spacial score (nSPS) is 13.9. The second-order valence-electron chi connectivity index (χ2n) is 19.1. The fraction of sp³-hybridized carbons (Fsp3) is 0.0938. The third-order valence-corrected chi connectivity index (χ3v) is 17.7. The Morgan fingerprint density at radius 1 is 0.412 bits per heavy atom. The number of hydrogen-bond donors (Lipinski definition) is 0. The number of nitrogens with zero attached hydrogens (tertiary/aromatic N) is 2. The van der Waals surface area contributed by atoms with Crippen LogP contribution in [0.4, 0.5) is 0 Å². The number of rotatable bonds is 5. The third kappa shape index (κ3) is 5.94. The fourth-order valence-corrected chi connectivity index (χ4v) is 14.1.